The molecule has 2 unspecified atom stereocenters. The molecule has 4 heteroatoms. The molecule has 0 aromatic heterocycles. The highest BCUT2D eigenvalue weighted by molar-refractivity contribution is 5.76. The van der Waals surface area contributed by atoms with Gasteiger partial charge >= 0.3 is 0 Å². The van der Waals surface area contributed by atoms with E-state index >= 15 is 0 Å². The highest BCUT2D eigenvalue weighted by atomic mass is 16.5. The van der Waals surface area contributed by atoms with Crippen molar-refractivity contribution in [3.63, 3.8) is 0 Å². The molecule has 1 fully saturated rings. The monoisotopic (exact) mass is 352 g/mol. The Hall–Kier alpha value is -2.17. The second kappa shape index (κ2) is 9.51. The zero-order chi connectivity index (χ0) is 18.2. The maximum Gasteiger partial charge on any atom is 0.220 e. The van der Waals surface area contributed by atoms with Gasteiger partial charge in [0, 0.05) is 26.1 Å². The van der Waals surface area contributed by atoms with E-state index in [9.17, 15) is 4.79 Å². The van der Waals surface area contributed by atoms with Crippen molar-refractivity contribution in [3.8, 4) is 0 Å². The standard InChI is InChI=1S/C22H28N2O2/c1-18(19-8-4-2-5-9-19)16-22(25)23-17-21(20-10-6-3-7-11-20)24-12-14-26-15-13-24/h2-11,18,21H,12-17H2,1H3,(H,23,25). The summed E-state index contributed by atoms with van der Waals surface area (Å²) in [4.78, 5) is 14.9. The van der Waals surface area contributed by atoms with E-state index in [0.717, 1.165) is 26.3 Å². The van der Waals surface area contributed by atoms with Gasteiger partial charge in [0.1, 0.15) is 0 Å². The first-order chi connectivity index (χ1) is 12.7. The zero-order valence-corrected chi connectivity index (χ0v) is 15.4. The number of hydrogen-bond acceptors (Lipinski definition) is 3. The molecule has 3 rings (SSSR count). The van der Waals surface area contributed by atoms with Crippen LogP contribution < -0.4 is 5.32 Å². The van der Waals surface area contributed by atoms with Crippen LogP contribution in [-0.2, 0) is 9.53 Å². The van der Waals surface area contributed by atoms with Crippen LogP contribution >= 0.6 is 0 Å². The van der Waals surface area contributed by atoms with Gasteiger partial charge in [0.05, 0.1) is 19.3 Å². The minimum atomic E-state index is 0.107. The van der Waals surface area contributed by atoms with Crippen molar-refractivity contribution < 1.29 is 9.53 Å². The minimum Gasteiger partial charge on any atom is -0.379 e. The summed E-state index contributed by atoms with van der Waals surface area (Å²) in [5.41, 5.74) is 2.45. The number of hydrogen-bond donors (Lipinski definition) is 1. The van der Waals surface area contributed by atoms with E-state index in [0.29, 0.717) is 13.0 Å². The van der Waals surface area contributed by atoms with Gasteiger partial charge in [-0.15, -0.1) is 0 Å². The van der Waals surface area contributed by atoms with Gasteiger partial charge in [0.2, 0.25) is 5.91 Å². The van der Waals surface area contributed by atoms with E-state index in [2.05, 4.69) is 53.5 Å². The molecule has 1 aliphatic heterocycles. The summed E-state index contributed by atoms with van der Waals surface area (Å²) in [6.45, 7) is 6.03. The summed E-state index contributed by atoms with van der Waals surface area (Å²) >= 11 is 0. The predicted molar refractivity (Wildman–Crippen MR) is 104 cm³/mol. The van der Waals surface area contributed by atoms with Crippen LogP contribution in [0.15, 0.2) is 60.7 Å². The molecular weight excluding hydrogens is 324 g/mol. The molecule has 138 valence electrons. The summed E-state index contributed by atoms with van der Waals surface area (Å²) in [6.07, 6.45) is 0.509. The molecule has 2 atom stereocenters. The quantitative estimate of drug-likeness (QED) is 0.831. The van der Waals surface area contributed by atoms with E-state index in [4.69, 9.17) is 4.74 Å². The molecular formula is C22H28N2O2. The third-order valence-corrected chi connectivity index (χ3v) is 5.02. The van der Waals surface area contributed by atoms with Crippen LogP contribution in [0.4, 0.5) is 0 Å². The predicted octanol–water partition coefficient (Wildman–Crippen LogP) is 3.37. The summed E-state index contributed by atoms with van der Waals surface area (Å²) in [6, 6.07) is 20.8. The Kier molecular flexibility index (Phi) is 6.81. The van der Waals surface area contributed by atoms with Crippen molar-refractivity contribution in [2.75, 3.05) is 32.8 Å². The van der Waals surface area contributed by atoms with E-state index < -0.39 is 0 Å². The molecule has 4 nitrogen and oxygen atoms in total. The molecule has 0 saturated carbocycles. The fourth-order valence-electron chi connectivity index (χ4n) is 3.48. The molecule has 26 heavy (non-hydrogen) atoms. The number of nitrogens with zero attached hydrogens (tertiary/aromatic N) is 1. The first-order valence-electron chi connectivity index (χ1n) is 9.42. The van der Waals surface area contributed by atoms with Gasteiger partial charge in [-0.1, -0.05) is 67.6 Å². The third-order valence-electron chi connectivity index (χ3n) is 5.02. The lowest BCUT2D eigenvalue weighted by molar-refractivity contribution is -0.121. The number of amides is 1. The van der Waals surface area contributed by atoms with Gasteiger partial charge in [0.15, 0.2) is 0 Å². The number of nitrogens with one attached hydrogen (secondary N) is 1. The lowest BCUT2D eigenvalue weighted by Crippen LogP contribution is -2.43. The fourth-order valence-corrected chi connectivity index (χ4v) is 3.48. The van der Waals surface area contributed by atoms with Crippen LogP contribution in [0, 0.1) is 0 Å². The molecule has 0 bridgehead atoms. The first-order valence-corrected chi connectivity index (χ1v) is 9.42. The van der Waals surface area contributed by atoms with Crippen molar-refractivity contribution >= 4 is 5.91 Å². The third kappa shape index (κ3) is 5.16. The number of benzene rings is 2. The van der Waals surface area contributed by atoms with Gasteiger partial charge in [-0.25, -0.2) is 0 Å². The normalized spacial score (nSPS) is 17.4. The maximum atomic E-state index is 12.5. The zero-order valence-electron chi connectivity index (χ0n) is 15.4. The van der Waals surface area contributed by atoms with Crippen molar-refractivity contribution in [1.82, 2.24) is 10.2 Å². The molecule has 0 aliphatic carbocycles. The molecule has 1 amide bonds. The number of rotatable bonds is 7. The Labute approximate surface area is 156 Å². The second-order valence-corrected chi connectivity index (χ2v) is 6.89. The van der Waals surface area contributed by atoms with Crippen molar-refractivity contribution in [2.45, 2.75) is 25.3 Å². The number of morpholine rings is 1. The van der Waals surface area contributed by atoms with Crippen LogP contribution in [0.5, 0.6) is 0 Å². The number of carbonyl (C=O) groups is 1. The minimum absolute atomic E-state index is 0.107. The second-order valence-electron chi connectivity index (χ2n) is 6.89. The molecule has 1 aliphatic rings. The Morgan fingerprint density at radius 2 is 1.58 bits per heavy atom. The van der Waals surface area contributed by atoms with E-state index in [1.165, 1.54) is 11.1 Å². The van der Waals surface area contributed by atoms with Crippen LogP contribution in [0.3, 0.4) is 0 Å². The molecule has 1 N–H and O–H groups in total. The Morgan fingerprint density at radius 1 is 1.00 bits per heavy atom. The lowest BCUT2D eigenvalue weighted by Gasteiger charge is -2.35. The van der Waals surface area contributed by atoms with Crippen molar-refractivity contribution in [3.05, 3.63) is 71.8 Å². The summed E-state index contributed by atoms with van der Waals surface area (Å²) in [5, 5.41) is 3.16. The topological polar surface area (TPSA) is 41.6 Å². The number of ether oxygens (including phenoxy) is 1. The summed E-state index contributed by atoms with van der Waals surface area (Å²) in [5.74, 6) is 0.324. The summed E-state index contributed by atoms with van der Waals surface area (Å²) in [7, 11) is 0. The highest BCUT2D eigenvalue weighted by Gasteiger charge is 2.23. The van der Waals surface area contributed by atoms with Crippen molar-refractivity contribution in [1.29, 1.82) is 0 Å². The van der Waals surface area contributed by atoms with E-state index in [1.54, 1.807) is 0 Å². The van der Waals surface area contributed by atoms with Crippen molar-refractivity contribution in [2.24, 2.45) is 0 Å². The largest absolute Gasteiger partial charge is 0.379 e. The van der Waals surface area contributed by atoms with Gasteiger partial charge in [0.25, 0.3) is 0 Å². The Bertz CT molecular complexity index is 669. The van der Waals surface area contributed by atoms with Crippen LogP contribution in [0.2, 0.25) is 0 Å². The van der Waals surface area contributed by atoms with Gasteiger partial charge < -0.3 is 10.1 Å². The van der Waals surface area contributed by atoms with Crippen LogP contribution in [0.25, 0.3) is 0 Å². The first kappa shape index (κ1) is 18.6. The highest BCUT2D eigenvalue weighted by Crippen LogP contribution is 2.22. The smallest absolute Gasteiger partial charge is 0.220 e. The van der Waals surface area contributed by atoms with Gasteiger partial charge in [-0.2, -0.15) is 0 Å². The van der Waals surface area contributed by atoms with Gasteiger partial charge in [-0.3, -0.25) is 9.69 Å². The Balaban J connectivity index is 1.59. The lowest BCUT2D eigenvalue weighted by atomic mass is 9.97. The fraction of sp³-hybridized carbons (Fsp3) is 0.409. The average molecular weight is 352 g/mol. The molecule has 1 saturated heterocycles. The van der Waals surface area contributed by atoms with Crippen LogP contribution in [0.1, 0.15) is 36.4 Å². The number of carbonyl (C=O) groups excluding carboxylic acids is 1. The van der Waals surface area contributed by atoms with E-state index in [-0.39, 0.29) is 17.9 Å². The Morgan fingerprint density at radius 3 is 2.19 bits per heavy atom. The SMILES string of the molecule is CC(CC(=O)NCC(c1ccccc1)N1CCOCC1)c1ccccc1. The summed E-state index contributed by atoms with van der Waals surface area (Å²) < 4.78 is 5.48. The van der Waals surface area contributed by atoms with E-state index in [1.807, 2.05) is 24.3 Å². The average Bonchev–Trinajstić information content (AvgIpc) is 2.70. The molecule has 2 aromatic carbocycles. The van der Waals surface area contributed by atoms with Crippen LogP contribution in [-0.4, -0.2) is 43.7 Å². The molecule has 2 aromatic rings. The molecule has 1 heterocycles. The molecule has 0 spiro atoms. The molecule has 0 radical (unpaired) electrons. The van der Waals surface area contributed by atoms with Gasteiger partial charge in [-0.05, 0) is 17.0 Å². The maximum absolute atomic E-state index is 12.5.